The fourth-order valence-electron chi connectivity index (χ4n) is 2.07. The Balaban J connectivity index is 2.31. The molecular formula is C17H28N2O2. The summed E-state index contributed by atoms with van der Waals surface area (Å²) < 4.78 is 5.59. The van der Waals surface area contributed by atoms with E-state index in [1.165, 1.54) is 5.56 Å². The second-order valence-electron chi connectivity index (χ2n) is 5.53. The summed E-state index contributed by atoms with van der Waals surface area (Å²) in [6.45, 7) is 5.78. The van der Waals surface area contributed by atoms with Gasteiger partial charge in [0.15, 0.2) is 0 Å². The molecule has 0 saturated carbocycles. The smallest absolute Gasteiger partial charge is 0.225 e. The summed E-state index contributed by atoms with van der Waals surface area (Å²) in [5, 5.41) is 3.41. The van der Waals surface area contributed by atoms with E-state index in [2.05, 4.69) is 31.3 Å². The predicted octanol–water partition coefficient (Wildman–Crippen LogP) is 2.47. The van der Waals surface area contributed by atoms with Crippen molar-refractivity contribution < 1.29 is 9.53 Å². The van der Waals surface area contributed by atoms with Gasteiger partial charge in [-0.2, -0.15) is 0 Å². The van der Waals surface area contributed by atoms with E-state index < -0.39 is 0 Å². The second-order valence-corrected chi connectivity index (χ2v) is 5.53. The highest BCUT2D eigenvalue weighted by Crippen LogP contribution is 2.14. The first-order valence-electron chi connectivity index (χ1n) is 7.68. The zero-order chi connectivity index (χ0) is 15.7. The minimum Gasteiger partial charge on any atom is -0.493 e. The van der Waals surface area contributed by atoms with Crippen molar-refractivity contribution in [3.05, 3.63) is 29.8 Å². The summed E-state index contributed by atoms with van der Waals surface area (Å²) in [4.78, 5) is 13.0. The maximum absolute atomic E-state index is 11.4. The van der Waals surface area contributed by atoms with Crippen molar-refractivity contribution in [2.45, 2.75) is 39.2 Å². The first kappa shape index (κ1) is 17.5. The van der Waals surface area contributed by atoms with Gasteiger partial charge in [0.2, 0.25) is 5.91 Å². The lowest BCUT2D eigenvalue weighted by Gasteiger charge is -2.13. The highest BCUT2D eigenvalue weighted by Gasteiger charge is 2.04. The van der Waals surface area contributed by atoms with E-state index >= 15 is 0 Å². The summed E-state index contributed by atoms with van der Waals surface area (Å²) in [7, 11) is 3.51. The average molecular weight is 292 g/mol. The molecule has 1 unspecified atom stereocenters. The molecule has 1 amide bonds. The van der Waals surface area contributed by atoms with Gasteiger partial charge >= 0.3 is 0 Å². The molecule has 0 heterocycles. The zero-order valence-electron chi connectivity index (χ0n) is 13.7. The Labute approximate surface area is 128 Å². The molecule has 1 atom stereocenters. The molecular weight excluding hydrogens is 264 g/mol. The number of benzene rings is 1. The van der Waals surface area contributed by atoms with Crippen LogP contribution in [0.4, 0.5) is 0 Å². The molecule has 0 aliphatic carbocycles. The van der Waals surface area contributed by atoms with E-state index in [1.54, 1.807) is 19.0 Å². The maximum Gasteiger partial charge on any atom is 0.225 e. The number of hydrogen-bond donors (Lipinski definition) is 1. The molecule has 0 saturated heterocycles. The molecule has 21 heavy (non-hydrogen) atoms. The number of nitrogens with zero attached hydrogens (tertiary/aromatic N) is 1. The number of nitrogens with one attached hydrogen (secondary N) is 1. The number of aryl methyl sites for hydroxylation is 1. The maximum atomic E-state index is 11.4. The summed E-state index contributed by atoms with van der Waals surface area (Å²) in [6.07, 6.45) is 2.61. The van der Waals surface area contributed by atoms with E-state index in [-0.39, 0.29) is 5.91 Å². The third kappa shape index (κ3) is 7.14. The molecule has 0 radical (unpaired) electrons. The Bertz CT molecular complexity index is 415. The normalized spacial score (nSPS) is 12.0. The van der Waals surface area contributed by atoms with Crippen molar-refractivity contribution in [1.82, 2.24) is 10.2 Å². The average Bonchev–Trinajstić information content (AvgIpc) is 2.46. The molecule has 1 rings (SSSR count). The van der Waals surface area contributed by atoms with Gasteiger partial charge in [0.25, 0.3) is 0 Å². The largest absolute Gasteiger partial charge is 0.493 e. The highest BCUT2D eigenvalue weighted by molar-refractivity contribution is 5.75. The lowest BCUT2D eigenvalue weighted by atomic mass is 10.1. The molecule has 0 fully saturated rings. The Morgan fingerprint density at radius 1 is 1.29 bits per heavy atom. The predicted molar refractivity (Wildman–Crippen MR) is 86.7 cm³/mol. The minimum absolute atomic E-state index is 0.0871. The van der Waals surface area contributed by atoms with Crippen LogP contribution in [0, 0.1) is 0 Å². The number of ether oxygens (including phenoxy) is 1. The summed E-state index contributed by atoms with van der Waals surface area (Å²) in [5.74, 6) is 0.911. The van der Waals surface area contributed by atoms with Gasteiger partial charge in [-0.1, -0.05) is 19.1 Å². The Morgan fingerprint density at radius 2 is 1.95 bits per heavy atom. The molecule has 118 valence electrons. The number of carbonyl (C=O) groups is 1. The molecule has 4 heteroatoms. The van der Waals surface area contributed by atoms with Crippen LogP contribution < -0.4 is 10.1 Å². The van der Waals surface area contributed by atoms with Crippen molar-refractivity contribution in [3.8, 4) is 5.75 Å². The monoisotopic (exact) mass is 292 g/mol. The van der Waals surface area contributed by atoms with Crippen LogP contribution in [0.25, 0.3) is 0 Å². The molecule has 1 N–H and O–H groups in total. The number of carbonyl (C=O) groups excluding carboxylic acids is 1. The van der Waals surface area contributed by atoms with Crippen LogP contribution in [0.5, 0.6) is 5.75 Å². The molecule has 1 aromatic carbocycles. The van der Waals surface area contributed by atoms with E-state index in [0.717, 1.165) is 25.1 Å². The Hall–Kier alpha value is -1.55. The van der Waals surface area contributed by atoms with Gasteiger partial charge in [-0.05, 0) is 44.0 Å². The first-order chi connectivity index (χ1) is 10.0. The van der Waals surface area contributed by atoms with Crippen molar-refractivity contribution in [2.24, 2.45) is 0 Å². The SMILES string of the molecule is CCNC(C)CCc1ccc(OCCC(=O)N(C)C)cc1. The van der Waals surface area contributed by atoms with Crippen LogP contribution in [-0.4, -0.2) is 44.1 Å². The molecule has 4 nitrogen and oxygen atoms in total. The standard InChI is InChI=1S/C17H28N2O2/c1-5-18-14(2)6-7-15-8-10-16(11-9-15)21-13-12-17(20)19(3)4/h8-11,14,18H,5-7,12-13H2,1-4H3. The molecule has 0 aliphatic rings. The lowest BCUT2D eigenvalue weighted by Crippen LogP contribution is -2.25. The van der Waals surface area contributed by atoms with Crippen molar-refractivity contribution in [1.29, 1.82) is 0 Å². The number of rotatable bonds is 9. The summed E-state index contributed by atoms with van der Waals surface area (Å²) in [6, 6.07) is 8.70. The van der Waals surface area contributed by atoms with Crippen LogP contribution in [0.15, 0.2) is 24.3 Å². The van der Waals surface area contributed by atoms with E-state index in [4.69, 9.17) is 4.74 Å². The third-order valence-corrected chi connectivity index (χ3v) is 3.43. The molecule has 1 aromatic rings. The van der Waals surface area contributed by atoms with E-state index in [1.807, 2.05) is 12.1 Å². The van der Waals surface area contributed by atoms with Crippen molar-refractivity contribution >= 4 is 5.91 Å². The Morgan fingerprint density at radius 3 is 2.52 bits per heavy atom. The van der Waals surface area contributed by atoms with Gasteiger partial charge in [-0.3, -0.25) is 4.79 Å². The topological polar surface area (TPSA) is 41.6 Å². The van der Waals surface area contributed by atoms with Gasteiger partial charge in [0.05, 0.1) is 13.0 Å². The molecule has 0 aromatic heterocycles. The van der Waals surface area contributed by atoms with E-state index in [9.17, 15) is 4.79 Å². The van der Waals surface area contributed by atoms with Crippen LogP contribution in [0.1, 0.15) is 32.3 Å². The first-order valence-corrected chi connectivity index (χ1v) is 7.68. The van der Waals surface area contributed by atoms with Gasteiger partial charge in [-0.15, -0.1) is 0 Å². The summed E-state index contributed by atoms with van der Waals surface area (Å²) in [5.41, 5.74) is 1.32. The van der Waals surface area contributed by atoms with Crippen LogP contribution >= 0.6 is 0 Å². The fourth-order valence-corrected chi connectivity index (χ4v) is 2.07. The minimum atomic E-state index is 0.0871. The molecule has 0 spiro atoms. The number of amides is 1. The fraction of sp³-hybridized carbons (Fsp3) is 0.588. The van der Waals surface area contributed by atoms with Crippen molar-refractivity contribution in [2.75, 3.05) is 27.2 Å². The summed E-state index contributed by atoms with van der Waals surface area (Å²) >= 11 is 0. The molecule has 0 bridgehead atoms. The quantitative estimate of drug-likeness (QED) is 0.760. The van der Waals surface area contributed by atoms with E-state index in [0.29, 0.717) is 19.1 Å². The molecule has 0 aliphatic heterocycles. The zero-order valence-corrected chi connectivity index (χ0v) is 13.7. The lowest BCUT2D eigenvalue weighted by molar-refractivity contribution is -0.129. The van der Waals surface area contributed by atoms with Gasteiger partial charge in [0.1, 0.15) is 5.75 Å². The number of hydrogen-bond acceptors (Lipinski definition) is 3. The highest BCUT2D eigenvalue weighted by atomic mass is 16.5. The second kappa shape index (κ2) is 9.40. The van der Waals surface area contributed by atoms with Crippen LogP contribution in [0.3, 0.4) is 0 Å². The Kier molecular flexibility index (Phi) is 7.83. The third-order valence-electron chi connectivity index (χ3n) is 3.43. The van der Waals surface area contributed by atoms with Gasteiger partial charge < -0.3 is 15.0 Å². The van der Waals surface area contributed by atoms with Crippen molar-refractivity contribution in [3.63, 3.8) is 0 Å². The van der Waals surface area contributed by atoms with Crippen LogP contribution in [-0.2, 0) is 11.2 Å². The van der Waals surface area contributed by atoms with Crippen LogP contribution in [0.2, 0.25) is 0 Å². The van der Waals surface area contributed by atoms with Gasteiger partial charge in [-0.25, -0.2) is 0 Å². The van der Waals surface area contributed by atoms with Gasteiger partial charge in [0, 0.05) is 20.1 Å².